The lowest BCUT2D eigenvalue weighted by Gasteiger charge is -2.07. The summed E-state index contributed by atoms with van der Waals surface area (Å²) in [4.78, 5) is 0.286. The Hall–Kier alpha value is -0.890. The highest BCUT2D eigenvalue weighted by molar-refractivity contribution is 7.89. The van der Waals surface area contributed by atoms with E-state index < -0.39 is 10.0 Å². The van der Waals surface area contributed by atoms with Gasteiger partial charge in [-0.05, 0) is 19.0 Å². The second-order valence-electron chi connectivity index (χ2n) is 5.17. The molecule has 0 aliphatic carbocycles. The van der Waals surface area contributed by atoms with Gasteiger partial charge in [-0.15, -0.1) is 0 Å². The molecule has 0 bridgehead atoms. The lowest BCUT2D eigenvalue weighted by atomic mass is 10.2. The molecule has 1 rings (SSSR count). The van der Waals surface area contributed by atoms with E-state index in [1.807, 2.05) is 14.1 Å². The third-order valence-electron chi connectivity index (χ3n) is 2.74. The number of aromatic nitrogens is 1. The molecule has 0 saturated heterocycles. The van der Waals surface area contributed by atoms with Crippen molar-refractivity contribution in [2.24, 2.45) is 13.0 Å². The minimum Gasteiger partial charge on any atom is -0.380 e. The summed E-state index contributed by atoms with van der Waals surface area (Å²) in [5, 5.41) is 3.00. The molecule has 0 unspecified atom stereocenters. The van der Waals surface area contributed by atoms with Crippen LogP contribution in [0.15, 0.2) is 17.2 Å². The van der Waals surface area contributed by atoms with Crippen molar-refractivity contribution in [3.05, 3.63) is 18.0 Å². The molecule has 7 heteroatoms. The first-order valence-corrected chi connectivity index (χ1v) is 8.22. The van der Waals surface area contributed by atoms with E-state index in [2.05, 4.69) is 23.9 Å². The predicted molar refractivity (Wildman–Crippen MR) is 79.0 cm³/mol. The minimum absolute atomic E-state index is 0.283. The van der Waals surface area contributed by atoms with Crippen LogP contribution in [0.4, 0.5) is 0 Å². The van der Waals surface area contributed by atoms with E-state index in [0.717, 1.165) is 5.69 Å². The third kappa shape index (κ3) is 5.24. The molecule has 0 fully saturated rings. The van der Waals surface area contributed by atoms with Gasteiger partial charge in [0, 0.05) is 38.6 Å². The molecular weight excluding hydrogens is 278 g/mol. The summed E-state index contributed by atoms with van der Waals surface area (Å²) >= 11 is 0. The summed E-state index contributed by atoms with van der Waals surface area (Å²) in [6, 6.07) is 1.67. The largest absolute Gasteiger partial charge is 0.380 e. The van der Waals surface area contributed by atoms with Gasteiger partial charge in [-0.1, -0.05) is 13.8 Å². The maximum atomic E-state index is 12.1. The first kappa shape index (κ1) is 17.2. The second-order valence-corrected chi connectivity index (χ2v) is 6.94. The van der Waals surface area contributed by atoms with Crippen molar-refractivity contribution in [3.8, 4) is 0 Å². The smallest absolute Gasteiger partial charge is 0.242 e. The quantitative estimate of drug-likeness (QED) is 0.659. The van der Waals surface area contributed by atoms with Crippen LogP contribution in [0.25, 0.3) is 0 Å². The molecule has 0 saturated carbocycles. The highest BCUT2D eigenvalue weighted by Crippen LogP contribution is 2.13. The van der Waals surface area contributed by atoms with Crippen LogP contribution in [-0.2, 0) is 28.4 Å². The summed E-state index contributed by atoms with van der Waals surface area (Å²) in [6.45, 7) is 6.04. The van der Waals surface area contributed by atoms with E-state index in [1.165, 1.54) is 0 Å². The lowest BCUT2D eigenvalue weighted by Crippen LogP contribution is -2.27. The fourth-order valence-corrected chi connectivity index (χ4v) is 2.84. The molecule has 0 aliphatic rings. The monoisotopic (exact) mass is 303 g/mol. The minimum atomic E-state index is -3.46. The topological polar surface area (TPSA) is 72.4 Å². The number of sulfonamides is 1. The van der Waals surface area contributed by atoms with Gasteiger partial charge in [0.25, 0.3) is 0 Å². The Bertz CT molecular complexity index is 509. The summed E-state index contributed by atoms with van der Waals surface area (Å²) < 4.78 is 33.9. The van der Waals surface area contributed by atoms with E-state index in [9.17, 15) is 8.42 Å². The zero-order valence-corrected chi connectivity index (χ0v) is 13.5. The van der Waals surface area contributed by atoms with Crippen LogP contribution in [-0.4, -0.2) is 39.8 Å². The van der Waals surface area contributed by atoms with Crippen LogP contribution >= 0.6 is 0 Å². The average molecular weight is 303 g/mol. The fraction of sp³-hybridized carbons (Fsp3) is 0.692. The van der Waals surface area contributed by atoms with Crippen molar-refractivity contribution in [1.82, 2.24) is 14.6 Å². The number of hydrogen-bond acceptors (Lipinski definition) is 4. The number of ether oxygens (including phenoxy) is 1. The van der Waals surface area contributed by atoms with E-state index in [4.69, 9.17) is 4.74 Å². The van der Waals surface area contributed by atoms with E-state index in [-0.39, 0.29) is 11.4 Å². The Morgan fingerprint density at radius 2 is 2.10 bits per heavy atom. The molecule has 0 atom stereocenters. The maximum Gasteiger partial charge on any atom is 0.242 e. The van der Waals surface area contributed by atoms with Crippen LogP contribution in [0, 0.1) is 5.92 Å². The van der Waals surface area contributed by atoms with Crippen LogP contribution in [0.1, 0.15) is 19.5 Å². The van der Waals surface area contributed by atoms with Crippen LogP contribution in [0.2, 0.25) is 0 Å². The molecule has 1 aromatic heterocycles. The van der Waals surface area contributed by atoms with Crippen molar-refractivity contribution in [1.29, 1.82) is 0 Å². The van der Waals surface area contributed by atoms with Crippen molar-refractivity contribution < 1.29 is 13.2 Å². The molecule has 20 heavy (non-hydrogen) atoms. The fourth-order valence-electron chi connectivity index (χ4n) is 1.73. The van der Waals surface area contributed by atoms with E-state index >= 15 is 0 Å². The molecule has 0 aliphatic heterocycles. The number of hydrogen-bond donors (Lipinski definition) is 2. The summed E-state index contributed by atoms with van der Waals surface area (Å²) in [7, 11) is 0.196. The summed E-state index contributed by atoms with van der Waals surface area (Å²) in [6.07, 6.45) is 1.62. The van der Waals surface area contributed by atoms with Gasteiger partial charge in [-0.2, -0.15) is 0 Å². The Morgan fingerprint density at radius 1 is 1.40 bits per heavy atom. The Kier molecular flexibility index (Phi) is 6.67. The standard InChI is InChI=1S/C13H25N3O3S/c1-11(2)10-19-6-5-15-20(17,18)13-7-12(8-14-3)16(4)9-13/h7,9,11,14-15H,5-6,8,10H2,1-4H3. The summed E-state index contributed by atoms with van der Waals surface area (Å²) in [5.74, 6) is 0.449. The second kappa shape index (κ2) is 7.78. The zero-order chi connectivity index (χ0) is 15.2. The van der Waals surface area contributed by atoms with Gasteiger partial charge in [0.1, 0.15) is 0 Å². The predicted octanol–water partition coefficient (Wildman–Crippen LogP) is 0.695. The first-order chi connectivity index (χ1) is 9.36. The van der Waals surface area contributed by atoms with E-state index in [1.54, 1.807) is 16.8 Å². The van der Waals surface area contributed by atoms with Crippen molar-refractivity contribution in [3.63, 3.8) is 0 Å². The molecular formula is C13H25N3O3S. The van der Waals surface area contributed by atoms with Gasteiger partial charge in [-0.25, -0.2) is 13.1 Å². The first-order valence-electron chi connectivity index (χ1n) is 6.74. The van der Waals surface area contributed by atoms with Gasteiger partial charge in [-0.3, -0.25) is 0 Å². The molecule has 6 nitrogen and oxygen atoms in total. The third-order valence-corrected chi connectivity index (χ3v) is 4.17. The Labute approximate surface area is 121 Å². The van der Waals surface area contributed by atoms with Gasteiger partial charge in [0.05, 0.1) is 11.5 Å². The van der Waals surface area contributed by atoms with Gasteiger partial charge < -0.3 is 14.6 Å². The average Bonchev–Trinajstić information content (AvgIpc) is 2.71. The summed E-state index contributed by atoms with van der Waals surface area (Å²) in [5.41, 5.74) is 0.920. The van der Waals surface area contributed by atoms with Gasteiger partial charge in [0.2, 0.25) is 10.0 Å². The normalized spacial score (nSPS) is 12.2. The molecule has 1 heterocycles. The van der Waals surface area contributed by atoms with Crippen molar-refractivity contribution in [2.45, 2.75) is 25.3 Å². The zero-order valence-electron chi connectivity index (χ0n) is 12.6. The number of nitrogens with zero attached hydrogens (tertiary/aromatic N) is 1. The maximum absolute atomic E-state index is 12.1. The highest BCUT2D eigenvalue weighted by atomic mass is 32.2. The molecule has 0 amide bonds. The van der Waals surface area contributed by atoms with Crippen LogP contribution < -0.4 is 10.0 Å². The number of rotatable bonds is 9. The van der Waals surface area contributed by atoms with Gasteiger partial charge >= 0.3 is 0 Å². The lowest BCUT2D eigenvalue weighted by molar-refractivity contribution is 0.114. The molecule has 0 aromatic carbocycles. The van der Waals surface area contributed by atoms with Crippen LogP contribution in [0.5, 0.6) is 0 Å². The SMILES string of the molecule is CNCc1cc(S(=O)(=O)NCCOCC(C)C)cn1C. The van der Waals surface area contributed by atoms with Gasteiger partial charge in [0.15, 0.2) is 0 Å². The Balaban J connectivity index is 2.54. The van der Waals surface area contributed by atoms with Crippen molar-refractivity contribution in [2.75, 3.05) is 26.8 Å². The molecule has 0 spiro atoms. The molecule has 2 N–H and O–H groups in total. The molecule has 116 valence electrons. The van der Waals surface area contributed by atoms with E-state index in [0.29, 0.717) is 25.7 Å². The Morgan fingerprint density at radius 3 is 2.70 bits per heavy atom. The molecule has 1 aromatic rings. The number of nitrogens with one attached hydrogen (secondary N) is 2. The number of aryl methyl sites for hydroxylation is 1. The highest BCUT2D eigenvalue weighted by Gasteiger charge is 2.16. The molecule has 0 radical (unpaired) electrons. The van der Waals surface area contributed by atoms with Crippen LogP contribution in [0.3, 0.4) is 0 Å². The van der Waals surface area contributed by atoms with Crippen molar-refractivity contribution >= 4 is 10.0 Å².